The normalized spacial score (nSPS) is 10.5. The molecule has 0 saturated carbocycles. The van der Waals surface area contributed by atoms with E-state index in [0.29, 0.717) is 28.0 Å². The lowest BCUT2D eigenvalue weighted by Gasteiger charge is -2.11. The Hall–Kier alpha value is -3.39. The number of nitrogens with one attached hydrogen (secondary N) is 1. The summed E-state index contributed by atoms with van der Waals surface area (Å²) in [5.74, 6) is 0.643. The zero-order valence-corrected chi connectivity index (χ0v) is 15.9. The van der Waals surface area contributed by atoms with Gasteiger partial charge < -0.3 is 10.1 Å². The number of anilines is 1. The SMILES string of the molecule is Cc1cc(NC(=O)COc2ccc(Cl)cc2C)n(-c2ccc([N+](=O)[O-])cc2)n1. The fourth-order valence-corrected chi connectivity index (χ4v) is 2.82. The summed E-state index contributed by atoms with van der Waals surface area (Å²) in [6.45, 7) is 3.43. The molecular formula is C19H17ClN4O4. The summed E-state index contributed by atoms with van der Waals surface area (Å²) in [5.41, 5.74) is 2.07. The van der Waals surface area contributed by atoms with E-state index in [0.717, 1.165) is 5.56 Å². The second-order valence-corrected chi connectivity index (χ2v) is 6.54. The third-order valence-electron chi connectivity index (χ3n) is 3.90. The van der Waals surface area contributed by atoms with Crippen LogP contribution in [-0.4, -0.2) is 27.2 Å². The van der Waals surface area contributed by atoms with Crippen molar-refractivity contribution >= 4 is 29.0 Å². The number of hydrogen-bond donors (Lipinski definition) is 1. The van der Waals surface area contributed by atoms with Crippen LogP contribution in [0.4, 0.5) is 11.5 Å². The van der Waals surface area contributed by atoms with Gasteiger partial charge in [0.2, 0.25) is 0 Å². The zero-order chi connectivity index (χ0) is 20.3. The van der Waals surface area contributed by atoms with E-state index in [1.807, 2.05) is 6.92 Å². The van der Waals surface area contributed by atoms with E-state index >= 15 is 0 Å². The number of carbonyl (C=O) groups excluding carboxylic acids is 1. The largest absolute Gasteiger partial charge is 0.483 e. The quantitative estimate of drug-likeness (QED) is 0.496. The fraction of sp³-hybridized carbons (Fsp3) is 0.158. The molecule has 8 nitrogen and oxygen atoms in total. The first-order valence-electron chi connectivity index (χ1n) is 8.34. The van der Waals surface area contributed by atoms with Gasteiger partial charge in [0.15, 0.2) is 6.61 Å². The van der Waals surface area contributed by atoms with Crippen LogP contribution in [0.15, 0.2) is 48.5 Å². The van der Waals surface area contributed by atoms with Crippen molar-refractivity contribution in [1.29, 1.82) is 0 Å². The number of halogens is 1. The molecule has 3 rings (SSSR count). The lowest BCUT2D eigenvalue weighted by atomic mass is 10.2. The maximum atomic E-state index is 12.3. The van der Waals surface area contributed by atoms with E-state index in [4.69, 9.17) is 16.3 Å². The van der Waals surface area contributed by atoms with Gasteiger partial charge in [0, 0.05) is 23.2 Å². The Kier molecular flexibility index (Phi) is 5.60. The Balaban J connectivity index is 1.72. The third-order valence-corrected chi connectivity index (χ3v) is 4.13. The summed E-state index contributed by atoms with van der Waals surface area (Å²) in [4.78, 5) is 22.6. The van der Waals surface area contributed by atoms with Gasteiger partial charge >= 0.3 is 0 Å². The minimum Gasteiger partial charge on any atom is -0.483 e. The Labute approximate surface area is 165 Å². The molecule has 1 aromatic heterocycles. The van der Waals surface area contributed by atoms with Crippen molar-refractivity contribution in [3.63, 3.8) is 0 Å². The molecule has 1 amide bonds. The van der Waals surface area contributed by atoms with Crippen LogP contribution in [0.5, 0.6) is 5.75 Å². The maximum Gasteiger partial charge on any atom is 0.269 e. The number of nitro benzene ring substituents is 1. The molecule has 0 unspecified atom stereocenters. The molecule has 0 aliphatic heterocycles. The van der Waals surface area contributed by atoms with E-state index in [2.05, 4.69) is 10.4 Å². The first-order valence-corrected chi connectivity index (χ1v) is 8.71. The first-order chi connectivity index (χ1) is 13.3. The minimum absolute atomic E-state index is 0.0232. The van der Waals surface area contributed by atoms with Gasteiger partial charge in [-0.25, -0.2) is 4.68 Å². The number of carbonyl (C=O) groups is 1. The van der Waals surface area contributed by atoms with E-state index in [-0.39, 0.29) is 18.2 Å². The highest BCUT2D eigenvalue weighted by Crippen LogP contribution is 2.22. The molecule has 0 fully saturated rings. The molecule has 1 heterocycles. The first kappa shape index (κ1) is 19.4. The second kappa shape index (κ2) is 8.10. The number of benzene rings is 2. The molecule has 0 aliphatic carbocycles. The van der Waals surface area contributed by atoms with Crippen molar-refractivity contribution in [2.45, 2.75) is 13.8 Å². The molecule has 9 heteroatoms. The predicted octanol–water partition coefficient (Wildman–Crippen LogP) is 4.07. The van der Waals surface area contributed by atoms with Crippen LogP contribution in [0.2, 0.25) is 5.02 Å². The molecule has 3 aromatic rings. The van der Waals surface area contributed by atoms with Gasteiger partial charge in [0.25, 0.3) is 11.6 Å². The molecule has 28 heavy (non-hydrogen) atoms. The number of amides is 1. The van der Waals surface area contributed by atoms with E-state index in [1.54, 1.807) is 43.3 Å². The molecule has 0 radical (unpaired) electrons. The van der Waals surface area contributed by atoms with Crippen molar-refractivity contribution in [2.75, 3.05) is 11.9 Å². The summed E-state index contributed by atoms with van der Waals surface area (Å²) < 4.78 is 7.05. The van der Waals surface area contributed by atoms with Crippen LogP contribution >= 0.6 is 11.6 Å². The number of rotatable bonds is 6. The van der Waals surface area contributed by atoms with Crippen LogP contribution in [0.1, 0.15) is 11.3 Å². The molecule has 0 atom stereocenters. The monoisotopic (exact) mass is 400 g/mol. The van der Waals surface area contributed by atoms with Gasteiger partial charge in [0.1, 0.15) is 11.6 Å². The number of non-ortho nitro benzene ring substituents is 1. The molecule has 144 valence electrons. The van der Waals surface area contributed by atoms with Gasteiger partial charge in [-0.2, -0.15) is 5.10 Å². The van der Waals surface area contributed by atoms with Gasteiger partial charge in [-0.05, 0) is 49.7 Å². The topological polar surface area (TPSA) is 99.3 Å². The lowest BCUT2D eigenvalue weighted by Crippen LogP contribution is -2.22. The maximum absolute atomic E-state index is 12.3. The van der Waals surface area contributed by atoms with Crippen molar-refractivity contribution in [3.8, 4) is 11.4 Å². The average molecular weight is 401 g/mol. The second-order valence-electron chi connectivity index (χ2n) is 6.10. The van der Waals surface area contributed by atoms with Crippen molar-refractivity contribution < 1.29 is 14.5 Å². The Morgan fingerprint density at radius 1 is 1.21 bits per heavy atom. The number of nitrogens with zero attached hydrogens (tertiary/aromatic N) is 3. The Morgan fingerprint density at radius 3 is 2.57 bits per heavy atom. The van der Waals surface area contributed by atoms with Crippen LogP contribution in [0.3, 0.4) is 0 Å². The number of ether oxygens (including phenoxy) is 1. The molecule has 1 N–H and O–H groups in total. The number of hydrogen-bond acceptors (Lipinski definition) is 5. The number of aromatic nitrogens is 2. The van der Waals surface area contributed by atoms with Gasteiger partial charge in [-0.3, -0.25) is 14.9 Å². The lowest BCUT2D eigenvalue weighted by molar-refractivity contribution is -0.384. The highest BCUT2D eigenvalue weighted by Gasteiger charge is 2.13. The molecule has 0 saturated heterocycles. The standard InChI is InChI=1S/C19H17ClN4O4/c1-12-9-14(20)3-8-17(12)28-11-19(25)21-18-10-13(2)22-23(18)15-4-6-16(7-5-15)24(26)27/h3-10H,11H2,1-2H3,(H,21,25). The highest BCUT2D eigenvalue weighted by molar-refractivity contribution is 6.30. The van der Waals surface area contributed by atoms with E-state index < -0.39 is 4.92 Å². The van der Waals surface area contributed by atoms with E-state index in [1.165, 1.54) is 16.8 Å². The molecule has 0 spiro atoms. The third kappa shape index (κ3) is 4.47. The van der Waals surface area contributed by atoms with Crippen molar-refractivity contribution in [1.82, 2.24) is 9.78 Å². The summed E-state index contributed by atoms with van der Waals surface area (Å²) >= 11 is 5.91. The molecule has 0 aliphatic rings. The minimum atomic E-state index is -0.475. The summed E-state index contributed by atoms with van der Waals surface area (Å²) in [6.07, 6.45) is 0. The highest BCUT2D eigenvalue weighted by atomic mass is 35.5. The number of aryl methyl sites for hydroxylation is 2. The van der Waals surface area contributed by atoms with Crippen LogP contribution in [0.25, 0.3) is 5.69 Å². The van der Waals surface area contributed by atoms with Gasteiger partial charge in [-0.15, -0.1) is 0 Å². The Bertz CT molecular complexity index is 1030. The fourth-order valence-electron chi connectivity index (χ4n) is 2.60. The smallest absolute Gasteiger partial charge is 0.269 e. The van der Waals surface area contributed by atoms with Crippen LogP contribution < -0.4 is 10.1 Å². The zero-order valence-electron chi connectivity index (χ0n) is 15.2. The van der Waals surface area contributed by atoms with Crippen LogP contribution in [-0.2, 0) is 4.79 Å². The summed E-state index contributed by atoms with van der Waals surface area (Å²) in [6, 6.07) is 12.7. The predicted molar refractivity (Wildman–Crippen MR) is 105 cm³/mol. The van der Waals surface area contributed by atoms with Crippen LogP contribution in [0, 0.1) is 24.0 Å². The van der Waals surface area contributed by atoms with E-state index in [9.17, 15) is 14.9 Å². The molecule has 2 aromatic carbocycles. The number of nitro groups is 1. The van der Waals surface area contributed by atoms with Crippen molar-refractivity contribution in [3.05, 3.63) is 74.9 Å². The Morgan fingerprint density at radius 2 is 1.93 bits per heavy atom. The average Bonchev–Trinajstić information content (AvgIpc) is 3.01. The van der Waals surface area contributed by atoms with Crippen molar-refractivity contribution in [2.24, 2.45) is 0 Å². The summed E-state index contributed by atoms with van der Waals surface area (Å²) in [7, 11) is 0. The van der Waals surface area contributed by atoms with Gasteiger partial charge in [-0.1, -0.05) is 11.6 Å². The summed E-state index contributed by atoms with van der Waals surface area (Å²) in [5, 5.41) is 18.5. The van der Waals surface area contributed by atoms with Gasteiger partial charge in [0.05, 0.1) is 16.3 Å². The molecule has 0 bridgehead atoms. The molecular weight excluding hydrogens is 384 g/mol.